The number of carbonyl (C=O) groups is 3. The van der Waals surface area contributed by atoms with Crippen molar-refractivity contribution in [3.63, 3.8) is 0 Å². The fourth-order valence-electron chi connectivity index (χ4n) is 3.41. The molecule has 1 N–H and O–H groups in total. The molecular formula is C20H18N2O3S. The predicted molar refractivity (Wildman–Crippen MR) is 99.1 cm³/mol. The van der Waals surface area contributed by atoms with E-state index >= 15 is 0 Å². The summed E-state index contributed by atoms with van der Waals surface area (Å²) in [7, 11) is 0. The lowest BCUT2D eigenvalue weighted by Crippen LogP contribution is -2.36. The highest BCUT2D eigenvalue weighted by Gasteiger charge is 2.35. The number of hydrogen-bond acceptors (Lipinski definition) is 4. The van der Waals surface area contributed by atoms with E-state index in [0.29, 0.717) is 11.1 Å². The van der Waals surface area contributed by atoms with Gasteiger partial charge < -0.3 is 5.32 Å². The summed E-state index contributed by atoms with van der Waals surface area (Å²) >= 11 is 1.80. The first-order chi connectivity index (χ1) is 12.6. The van der Waals surface area contributed by atoms with Gasteiger partial charge in [-0.3, -0.25) is 19.3 Å². The van der Waals surface area contributed by atoms with E-state index in [1.807, 2.05) is 18.2 Å². The number of nitrogens with zero attached hydrogens (tertiary/aromatic N) is 1. The minimum atomic E-state index is -0.321. The zero-order chi connectivity index (χ0) is 18.1. The first-order valence-electron chi connectivity index (χ1n) is 8.61. The number of fused-ring (bicyclic) bond motifs is 2. The summed E-state index contributed by atoms with van der Waals surface area (Å²) < 4.78 is 0. The summed E-state index contributed by atoms with van der Waals surface area (Å²) in [6.45, 7) is 0.0985. The van der Waals surface area contributed by atoms with Gasteiger partial charge in [-0.05, 0) is 30.2 Å². The van der Waals surface area contributed by atoms with Crippen molar-refractivity contribution in [2.45, 2.75) is 23.8 Å². The molecule has 0 fully saturated rings. The monoisotopic (exact) mass is 366 g/mol. The Bertz CT molecular complexity index is 861. The minimum absolute atomic E-state index is 0.0119. The molecule has 2 aromatic carbocycles. The number of carbonyl (C=O) groups excluding carboxylic acids is 3. The molecule has 6 heteroatoms. The van der Waals surface area contributed by atoms with E-state index in [9.17, 15) is 14.4 Å². The number of thioether (sulfide) groups is 1. The van der Waals surface area contributed by atoms with Gasteiger partial charge in [0, 0.05) is 23.6 Å². The Hall–Kier alpha value is -2.60. The molecule has 132 valence electrons. The molecule has 26 heavy (non-hydrogen) atoms. The first kappa shape index (κ1) is 16.8. The van der Waals surface area contributed by atoms with Crippen LogP contribution in [0.4, 0.5) is 0 Å². The van der Waals surface area contributed by atoms with Gasteiger partial charge in [-0.25, -0.2) is 0 Å². The Morgan fingerprint density at radius 2 is 1.69 bits per heavy atom. The predicted octanol–water partition coefficient (Wildman–Crippen LogP) is 3.03. The van der Waals surface area contributed by atoms with Crippen LogP contribution in [0.15, 0.2) is 53.4 Å². The average Bonchev–Trinajstić information content (AvgIpc) is 2.91. The van der Waals surface area contributed by atoms with Crippen LogP contribution >= 0.6 is 11.8 Å². The van der Waals surface area contributed by atoms with Gasteiger partial charge in [0.25, 0.3) is 11.8 Å². The number of nitrogens with one attached hydrogen (secondary N) is 1. The first-order valence-corrected chi connectivity index (χ1v) is 9.60. The zero-order valence-electron chi connectivity index (χ0n) is 14.1. The van der Waals surface area contributed by atoms with Crippen LogP contribution in [-0.2, 0) is 4.79 Å². The van der Waals surface area contributed by atoms with E-state index in [-0.39, 0.29) is 36.7 Å². The van der Waals surface area contributed by atoms with Crippen molar-refractivity contribution in [2.75, 3.05) is 12.3 Å². The summed E-state index contributed by atoms with van der Waals surface area (Å²) in [5.74, 6) is 0.171. The molecule has 2 heterocycles. The lowest BCUT2D eigenvalue weighted by Gasteiger charge is -2.26. The van der Waals surface area contributed by atoms with Gasteiger partial charge in [-0.15, -0.1) is 11.8 Å². The lowest BCUT2D eigenvalue weighted by atomic mass is 10.0. The highest BCUT2D eigenvalue weighted by atomic mass is 32.2. The van der Waals surface area contributed by atoms with E-state index in [4.69, 9.17) is 0 Å². The van der Waals surface area contributed by atoms with Gasteiger partial charge in [-0.1, -0.05) is 30.3 Å². The smallest absolute Gasteiger partial charge is 0.261 e. The number of hydrogen-bond donors (Lipinski definition) is 1. The molecule has 5 nitrogen and oxygen atoms in total. The number of rotatable bonds is 4. The second-order valence-electron chi connectivity index (χ2n) is 6.35. The molecule has 0 saturated heterocycles. The topological polar surface area (TPSA) is 66.5 Å². The van der Waals surface area contributed by atoms with E-state index < -0.39 is 0 Å². The van der Waals surface area contributed by atoms with E-state index in [1.54, 1.807) is 36.0 Å². The quantitative estimate of drug-likeness (QED) is 0.845. The summed E-state index contributed by atoms with van der Waals surface area (Å²) in [6, 6.07) is 14.8. The molecule has 3 amide bonds. The summed E-state index contributed by atoms with van der Waals surface area (Å²) in [5.41, 5.74) is 1.96. The largest absolute Gasteiger partial charge is 0.349 e. The summed E-state index contributed by atoms with van der Waals surface area (Å²) in [6.07, 6.45) is 0.984. The average molecular weight is 366 g/mol. The van der Waals surface area contributed by atoms with Crippen LogP contribution in [0.1, 0.15) is 45.2 Å². The Labute approximate surface area is 155 Å². The molecule has 1 unspecified atom stereocenters. The maximum Gasteiger partial charge on any atom is 0.261 e. The maximum atomic E-state index is 12.4. The third-order valence-electron chi connectivity index (χ3n) is 4.73. The standard InChI is InChI=1S/C20H18N2O3S/c23-18(21-16-10-12-26-17-8-4-3-7-15(16)17)9-11-22-19(24)13-5-1-2-6-14(13)20(22)25/h1-8,16H,9-12H2,(H,21,23). The molecular weight excluding hydrogens is 348 g/mol. The second-order valence-corrected chi connectivity index (χ2v) is 7.49. The zero-order valence-corrected chi connectivity index (χ0v) is 14.9. The molecule has 2 aromatic rings. The molecule has 2 aliphatic heterocycles. The van der Waals surface area contributed by atoms with Crippen LogP contribution in [-0.4, -0.2) is 34.9 Å². The molecule has 0 spiro atoms. The van der Waals surface area contributed by atoms with Crippen LogP contribution in [0.5, 0.6) is 0 Å². The van der Waals surface area contributed by atoms with E-state index in [2.05, 4.69) is 11.4 Å². The van der Waals surface area contributed by atoms with Gasteiger partial charge in [0.15, 0.2) is 0 Å². The fourth-order valence-corrected chi connectivity index (χ4v) is 4.54. The third kappa shape index (κ3) is 3.01. The second kappa shape index (κ2) is 6.96. The van der Waals surface area contributed by atoms with Crippen molar-refractivity contribution in [2.24, 2.45) is 0 Å². The van der Waals surface area contributed by atoms with Crippen molar-refractivity contribution in [1.29, 1.82) is 0 Å². The SMILES string of the molecule is O=C(CCN1C(=O)c2ccccc2C1=O)NC1CCSc2ccccc21. The van der Waals surface area contributed by atoms with E-state index in [0.717, 1.165) is 22.6 Å². The Balaban J connectivity index is 1.39. The van der Waals surface area contributed by atoms with Gasteiger partial charge >= 0.3 is 0 Å². The van der Waals surface area contributed by atoms with Crippen LogP contribution in [0, 0.1) is 0 Å². The van der Waals surface area contributed by atoms with Crippen molar-refractivity contribution in [3.05, 3.63) is 65.2 Å². The van der Waals surface area contributed by atoms with Gasteiger partial charge in [-0.2, -0.15) is 0 Å². The number of benzene rings is 2. The van der Waals surface area contributed by atoms with Gasteiger partial charge in [0.05, 0.1) is 17.2 Å². The van der Waals surface area contributed by atoms with Gasteiger partial charge in [0.2, 0.25) is 5.91 Å². The lowest BCUT2D eigenvalue weighted by molar-refractivity contribution is -0.122. The molecule has 0 aromatic heterocycles. The van der Waals surface area contributed by atoms with Crippen LogP contribution in [0.25, 0.3) is 0 Å². The van der Waals surface area contributed by atoms with Crippen LogP contribution in [0.2, 0.25) is 0 Å². The molecule has 1 atom stereocenters. The highest BCUT2D eigenvalue weighted by molar-refractivity contribution is 7.99. The molecule has 4 rings (SSSR count). The molecule has 2 aliphatic rings. The van der Waals surface area contributed by atoms with Crippen LogP contribution < -0.4 is 5.32 Å². The van der Waals surface area contributed by atoms with Gasteiger partial charge in [0.1, 0.15) is 0 Å². The van der Waals surface area contributed by atoms with E-state index in [1.165, 1.54) is 4.90 Å². The maximum absolute atomic E-state index is 12.4. The molecule has 0 radical (unpaired) electrons. The Morgan fingerprint density at radius 1 is 1.04 bits per heavy atom. The van der Waals surface area contributed by atoms with Crippen molar-refractivity contribution >= 4 is 29.5 Å². The van der Waals surface area contributed by atoms with Crippen molar-refractivity contribution < 1.29 is 14.4 Å². The number of imide groups is 1. The fraction of sp³-hybridized carbons (Fsp3) is 0.250. The third-order valence-corrected chi connectivity index (χ3v) is 5.86. The van der Waals surface area contributed by atoms with Crippen molar-refractivity contribution in [1.82, 2.24) is 10.2 Å². The summed E-state index contributed by atoms with van der Waals surface area (Å²) in [5, 5.41) is 3.05. The van der Waals surface area contributed by atoms with Crippen molar-refractivity contribution in [3.8, 4) is 0 Å². The van der Waals surface area contributed by atoms with Crippen LogP contribution in [0.3, 0.4) is 0 Å². The summed E-state index contributed by atoms with van der Waals surface area (Å²) in [4.78, 5) is 39.4. The highest BCUT2D eigenvalue weighted by Crippen LogP contribution is 2.35. The normalized spacial score (nSPS) is 18.5. The molecule has 0 bridgehead atoms. The molecule has 0 saturated carbocycles. The molecule has 0 aliphatic carbocycles. The Kier molecular flexibility index (Phi) is 4.51. The Morgan fingerprint density at radius 3 is 2.42 bits per heavy atom. The minimum Gasteiger partial charge on any atom is -0.349 e. The number of amides is 3.